The third-order valence-electron chi connectivity index (χ3n) is 2.65. The normalized spacial score (nSPS) is 10.5. The van der Waals surface area contributed by atoms with Crippen molar-refractivity contribution in [3.05, 3.63) is 18.6 Å². The maximum absolute atomic E-state index is 11.2. The van der Waals surface area contributed by atoms with Crippen LogP contribution in [0.4, 0.5) is 5.82 Å². The molecule has 2 aromatic heterocycles. The van der Waals surface area contributed by atoms with Gasteiger partial charge in [-0.05, 0) is 6.07 Å². The molecule has 2 rings (SSSR count). The van der Waals surface area contributed by atoms with Crippen LogP contribution in [0.1, 0.15) is 6.42 Å². The lowest BCUT2D eigenvalue weighted by molar-refractivity contribution is -0.120. The van der Waals surface area contributed by atoms with E-state index in [4.69, 9.17) is 0 Å². The summed E-state index contributed by atoms with van der Waals surface area (Å²) >= 11 is 0. The van der Waals surface area contributed by atoms with Crippen molar-refractivity contribution >= 4 is 22.8 Å². The van der Waals surface area contributed by atoms with Crippen LogP contribution in [0.5, 0.6) is 0 Å². The molecule has 0 aliphatic heterocycles. The summed E-state index contributed by atoms with van der Waals surface area (Å²) in [5.41, 5.74) is 0.807. The topological polar surface area (TPSA) is 73.9 Å². The van der Waals surface area contributed by atoms with Gasteiger partial charge in [-0.2, -0.15) is 0 Å². The molecule has 2 heterocycles. The number of carbonyl (C=O) groups is 1. The number of aromatic nitrogens is 3. The second kappa shape index (κ2) is 4.82. The third kappa shape index (κ3) is 2.35. The number of carbonyl (C=O) groups excluding carboxylic acids is 1. The second-order valence-electron chi connectivity index (χ2n) is 3.78. The van der Waals surface area contributed by atoms with Gasteiger partial charge in [0.15, 0.2) is 0 Å². The number of anilines is 1. The predicted octanol–water partition coefficient (Wildman–Crippen LogP) is 0.530. The van der Waals surface area contributed by atoms with Crippen molar-refractivity contribution in [3.8, 4) is 0 Å². The van der Waals surface area contributed by atoms with E-state index in [9.17, 15) is 4.79 Å². The fourth-order valence-corrected chi connectivity index (χ4v) is 1.66. The molecular weight excluding hydrogens is 218 g/mol. The largest absolute Gasteiger partial charge is 0.359 e. The fourth-order valence-electron chi connectivity index (χ4n) is 1.66. The molecule has 0 aromatic carbocycles. The molecule has 17 heavy (non-hydrogen) atoms. The summed E-state index contributed by atoms with van der Waals surface area (Å²) in [6.45, 7) is 0.622. The number of hydrogen-bond donors (Lipinski definition) is 2. The van der Waals surface area contributed by atoms with Crippen LogP contribution >= 0.6 is 0 Å². The lowest BCUT2D eigenvalue weighted by Gasteiger charge is -2.17. The quantitative estimate of drug-likeness (QED) is 0.808. The van der Waals surface area contributed by atoms with Crippen LogP contribution in [-0.2, 0) is 4.79 Å². The first-order valence-corrected chi connectivity index (χ1v) is 5.42. The van der Waals surface area contributed by atoms with Gasteiger partial charge in [-0.15, -0.1) is 0 Å². The van der Waals surface area contributed by atoms with Gasteiger partial charge in [0, 0.05) is 33.3 Å². The second-order valence-corrected chi connectivity index (χ2v) is 3.78. The summed E-state index contributed by atoms with van der Waals surface area (Å²) in [6, 6.07) is 1.93. The van der Waals surface area contributed by atoms with Crippen molar-refractivity contribution < 1.29 is 4.79 Å². The smallest absolute Gasteiger partial charge is 0.221 e. The van der Waals surface area contributed by atoms with Crippen molar-refractivity contribution in [2.45, 2.75) is 6.42 Å². The molecular formula is C11H15N5O. The van der Waals surface area contributed by atoms with Gasteiger partial charge < -0.3 is 15.2 Å². The van der Waals surface area contributed by atoms with E-state index in [1.807, 2.05) is 24.2 Å². The first-order valence-electron chi connectivity index (χ1n) is 5.42. The molecule has 2 aromatic rings. The highest BCUT2D eigenvalue weighted by molar-refractivity contribution is 5.87. The number of aromatic amines is 1. The lowest BCUT2D eigenvalue weighted by atomic mass is 10.3. The predicted molar refractivity (Wildman–Crippen MR) is 65.8 cm³/mol. The molecule has 0 atom stereocenters. The molecule has 2 N–H and O–H groups in total. The van der Waals surface area contributed by atoms with Gasteiger partial charge >= 0.3 is 0 Å². The first kappa shape index (κ1) is 11.4. The van der Waals surface area contributed by atoms with Crippen molar-refractivity contribution in [1.29, 1.82) is 0 Å². The summed E-state index contributed by atoms with van der Waals surface area (Å²) in [7, 11) is 3.55. The zero-order valence-corrected chi connectivity index (χ0v) is 9.90. The standard InChI is InChI=1S/C11H15N5O/c1-12-9(17)4-6-16(2)11-8-3-5-13-10(8)14-7-15-11/h3,5,7H,4,6H2,1-2H3,(H,12,17)(H,13,14,15). The Kier molecular flexibility index (Phi) is 3.22. The van der Waals surface area contributed by atoms with Crippen LogP contribution < -0.4 is 10.2 Å². The highest BCUT2D eigenvalue weighted by atomic mass is 16.1. The Morgan fingerprint density at radius 3 is 3.12 bits per heavy atom. The average Bonchev–Trinajstić information content (AvgIpc) is 2.83. The van der Waals surface area contributed by atoms with E-state index < -0.39 is 0 Å². The number of nitrogens with zero attached hydrogens (tertiary/aromatic N) is 3. The Bertz CT molecular complexity index is 521. The molecule has 0 spiro atoms. The number of hydrogen-bond acceptors (Lipinski definition) is 4. The molecule has 6 heteroatoms. The van der Waals surface area contributed by atoms with Crippen molar-refractivity contribution in [1.82, 2.24) is 20.3 Å². The summed E-state index contributed by atoms with van der Waals surface area (Å²) in [5.74, 6) is 0.858. The molecule has 0 radical (unpaired) electrons. The van der Waals surface area contributed by atoms with Crippen molar-refractivity contribution in [2.24, 2.45) is 0 Å². The van der Waals surface area contributed by atoms with Gasteiger partial charge in [0.2, 0.25) is 5.91 Å². The lowest BCUT2D eigenvalue weighted by Crippen LogP contribution is -2.26. The van der Waals surface area contributed by atoms with Crippen LogP contribution in [0.25, 0.3) is 11.0 Å². The van der Waals surface area contributed by atoms with Crippen LogP contribution in [0, 0.1) is 0 Å². The Hall–Kier alpha value is -2.11. The van der Waals surface area contributed by atoms with Crippen LogP contribution in [-0.4, -0.2) is 41.5 Å². The highest BCUT2D eigenvalue weighted by Crippen LogP contribution is 2.20. The summed E-state index contributed by atoms with van der Waals surface area (Å²) in [4.78, 5) is 24.5. The number of nitrogens with one attached hydrogen (secondary N) is 2. The van der Waals surface area contributed by atoms with E-state index in [0.29, 0.717) is 13.0 Å². The molecule has 6 nitrogen and oxygen atoms in total. The van der Waals surface area contributed by atoms with Crippen LogP contribution in [0.2, 0.25) is 0 Å². The first-order chi connectivity index (χ1) is 8.22. The van der Waals surface area contributed by atoms with Crippen molar-refractivity contribution in [2.75, 3.05) is 25.5 Å². The number of rotatable bonds is 4. The molecule has 0 aliphatic rings. The minimum Gasteiger partial charge on any atom is -0.359 e. The van der Waals surface area contributed by atoms with E-state index >= 15 is 0 Å². The summed E-state index contributed by atoms with van der Waals surface area (Å²) in [6.07, 6.45) is 3.79. The Labute approximate surface area is 99.1 Å². The van der Waals surface area contributed by atoms with E-state index in [2.05, 4.69) is 20.3 Å². The van der Waals surface area contributed by atoms with E-state index in [1.165, 1.54) is 6.33 Å². The maximum Gasteiger partial charge on any atom is 0.221 e. The van der Waals surface area contributed by atoms with Gasteiger partial charge in [-0.1, -0.05) is 0 Å². The average molecular weight is 233 g/mol. The summed E-state index contributed by atoms with van der Waals surface area (Å²) < 4.78 is 0. The van der Waals surface area contributed by atoms with Crippen LogP contribution in [0.3, 0.4) is 0 Å². The number of H-pyrrole nitrogens is 1. The van der Waals surface area contributed by atoms with Gasteiger partial charge in [0.1, 0.15) is 17.8 Å². The van der Waals surface area contributed by atoms with Gasteiger partial charge in [-0.25, -0.2) is 9.97 Å². The molecule has 90 valence electrons. The number of amides is 1. The number of fused-ring (bicyclic) bond motifs is 1. The molecule has 1 amide bonds. The minimum atomic E-state index is 0.0243. The minimum absolute atomic E-state index is 0.0243. The zero-order valence-electron chi connectivity index (χ0n) is 9.90. The third-order valence-corrected chi connectivity index (χ3v) is 2.65. The molecule has 0 saturated heterocycles. The molecule has 0 fully saturated rings. The van der Waals surface area contributed by atoms with Crippen LogP contribution in [0.15, 0.2) is 18.6 Å². The molecule has 0 aliphatic carbocycles. The maximum atomic E-state index is 11.2. The Balaban J connectivity index is 2.15. The van der Waals surface area contributed by atoms with Gasteiger partial charge in [-0.3, -0.25) is 4.79 Å². The zero-order chi connectivity index (χ0) is 12.3. The molecule has 0 saturated carbocycles. The van der Waals surface area contributed by atoms with E-state index in [-0.39, 0.29) is 5.91 Å². The van der Waals surface area contributed by atoms with E-state index in [1.54, 1.807) is 7.05 Å². The molecule has 0 unspecified atom stereocenters. The Morgan fingerprint density at radius 2 is 2.35 bits per heavy atom. The van der Waals surface area contributed by atoms with Gasteiger partial charge in [0.05, 0.1) is 5.39 Å². The van der Waals surface area contributed by atoms with Gasteiger partial charge in [0.25, 0.3) is 0 Å². The Morgan fingerprint density at radius 1 is 1.53 bits per heavy atom. The summed E-state index contributed by atoms with van der Waals surface area (Å²) in [5, 5.41) is 3.56. The van der Waals surface area contributed by atoms with E-state index in [0.717, 1.165) is 16.9 Å². The van der Waals surface area contributed by atoms with Crippen molar-refractivity contribution in [3.63, 3.8) is 0 Å². The highest BCUT2D eigenvalue weighted by Gasteiger charge is 2.10. The fraction of sp³-hybridized carbons (Fsp3) is 0.364. The SMILES string of the molecule is CNC(=O)CCN(C)c1ncnc2[nH]ccc12. The monoisotopic (exact) mass is 233 g/mol. The molecule has 0 bridgehead atoms.